The van der Waals surface area contributed by atoms with Crippen molar-refractivity contribution < 1.29 is 9.53 Å². The van der Waals surface area contributed by atoms with Crippen LogP contribution in [-0.2, 0) is 0 Å². The second-order valence-corrected chi connectivity index (χ2v) is 10.1. The predicted octanol–water partition coefficient (Wildman–Crippen LogP) is 7.27. The molecule has 0 bridgehead atoms. The van der Waals surface area contributed by atoms with Gasteiger partial charge in [-0.3, -0.25) is 9.36 Å². The summed E-state index contributed by atoms with van der Waals surface area (Å²) in [5, 5.41) is 9.51. The molecule has 34 heavy (non-hydrogen) atoms. The number of rotatable bonds is 9. The number of Topliss-reactive ketones (excluding diaryl/α,β-unsaturated/α-hetero) is 1. The van der Waals surface area contributed by atoms with Gasteiger partial charge in [0, 0.05) is 15.7 Å². The Hall–Kier alpha value is -2.90. The maximum atomic E-state index is 12.7. The topological polar surface area (TPSA) is 57.0 Å². The molecule has 4 rings (SSSR count). The Kier molecular flexibility index (Phi) is 7.85. The molecule has 0 saturated carbocycles. The highest BCUT2D eigenvalue weighted by atomic mass is 79.9. The van der Waals surface area contributed by atoms with E-state index in [0.29, 0.717) is 22.5 Å². The zero-order valence-corrected chi connectivity index (χ0v) is 21.7. The number of nitrogens with zero attached hydrogens (tertiary/aromatic N) is 3. The van der Waals surface area contributed by atoms with E-state index >= 15 is 0 Å². The van der Waals surface area contributed by atoms with Gasteiger partial charge in [-0.2, -0.15) is 0 Å². The number of carbonyl (C=O) groups excluding carboxylic acids is 1. The fourth-order valence-corrected chi connectivity index (χ4v) is 4.61. The van der Waals surface area contributed by atoms with E-state index < -0.39 is 0 Å². The van der Waals surface area contributed by atoms with Crippen LogP contribution in [0.3, 0.4) is 0 Å². The summed E-state index contributed by atoms with van der Waals surface area (Å²) in [5.41, 5.74) is 2.86. The van der Waals surface area contributed by atoms with Gasteiger partial charge < -0.3 is 4.74 Å². The van der Waals surface area contributed by atoms with E-state index in [1.54, 1.807) is 0 Å². The SMILES string of the molecule is CC(C)c1ccc(OC(C)c2nnc(SCC(=O)c3ccc(Br)cc3)n2-c2ccccc2)cc1. The highest BCUT2D eigenvalue weighted by Crippen LogP contribution is 2.29. The number of ketones is 1. The van der Waals surface area contributed by atoms with Gasteiger partial charge in [0.2, 0.25) is 0 Å². The number of halogens is 1. The van der Waals surface area contributed by atoms with Gasteiger partial charge >= 0.3 is 0 Å². The monoisotopic (exact) mass is 535 g/mol. The second kappa shape index (κ2) is 11.0. The van der Waals surface area contributed by atoms with Crippen molar-refractivity contribution in [2.75, 3.05) is 5.75 Å². The molecule has 1 aromatic heterocycles. The number of hydrogen-bond acceptors (Lipinski definition) is 5. The number of para-hydroxylation sites is 1. The first-order valence-electron chi connectivity index (χ1n) is 11.1. The molecule has 1 unspecified atom stereocenters. The molecule has 0 saturated heterocycles. The lowest BCUT2D eigenvalue weighted by molar-refractivity contribution is 0.102. The summed E-state index contributed by atoms with van der Waals surface area (Å²) in [4.78, 5) is 12.7. The quantitative estimate of drug-likeness (QED) is 0.166. The summed E-state index contributed by atoms with van der Waals surface area (Å²) >= 11 is 4.78. The number of hydrogen-bond donors (Lipinski definition) is 0. The van der Waals surface area contributed by atoms with Gasteiger partial charge in [0.15, 0.2) is 22.9 Å². The molecular formula is C27H26BrN3O2S. The molecule has 0 amide bonds. The smallest absolute Gasteiger partial charge is 0.196 e. The normalized spacial score (nSPS) is 12.0. The van der Waals surface area contributed by atoms with Crippen molar-refractivity contribution in [3.63, 3.8) is 0 Å². The molecule has 174 valence electrons. The lowest BCUT2D eigenvalue weighted by atomic mass is 10.0. The second-order valence-electron chi connectivity index (χ2n) is 8.21. The molecule has 0 aliphatic rings. The molecular weight excluding hydrogens is 510 g/mol. The Balaban J connectivity index is 1.56. The molecule has 0 N–H and O–H groups in total. The Morgan fingerprint density at radius 3 is 2.26 bits per heavy atom. The molecule has 0 spiro atoms. The molecule has 0 radical (unpaired) electrons. The molecule has 5 nitrogen and oxygen atoms in total. The van der Waals surface area contributed by atoms with E-state index in [1.165, 1.54) is 17.3 Å². The van der Waals surface area contributed by atoms with Crippen LogP contribution in [0.25, 0.3) is 5.69 Å². The Morgan fingerprint density at radius 1 is 0.941 bits per heavy atom. The number of benzene rings is 3. The van der Waals surface area contributed by atoms with Crippen LogP contribution in [0.15, 0.2) is 88.5 Å². The van der Waals surface area contributed by atoms with Crippen LogP contribution in [0.2, 0.25) is 0 Å². The minimum absolute atomic E-state index is 0.0382. The van der Waals surface area contributed by atoms with E-state index in [9.17, 15) is 4.79 Å². The minimum Gasteiger partial charge on any atom is -0.483 e. The van der Waals surface area contributed by atoms with Gasteiger partial charge in [-0.05, 0) is 54.8 Å². The van der Waals surface area contributed by atoms with Crippen molar-refractivity contribution in [2.45, 2.75) is 37.9 Å². The molecule has 3 aromatic carbocycles. The van der Waals surface area contributed by atoms with Gasteiger partial charge in [0.25, 0.3) is 0 Å². The van der Waals surface area contributed by atoms with Gasteiger partial charge in [0.05, 0.1) is 5.75 Å². The van der Waals surface area contributed by atoms with Crippen LogP contribution in [0, 0.1) is 0 Å². The van der Waals surface area contributed by atoms with Crippen LogP contribution in [0.4, 0.5) is 0 Å². The van der Waals surface area contributed by atoms with Crippen molar-refractivity contribution in [1.29, 1.82) is 0 Å². The number of carbonyl (C=O) groups is 1. The Labute approximate surface area is 212 Å². The molecule has 0 aliphatic heterocycles. The highest BCUT2D eigenvalue weighted by molar-refractivity contribution is 9.10. The third-order valence-electron chi connectivity index (χ3n) is 5.39. The molecule has 0 aliphatic carbocycles. The zero-order valence-electron chi connectivity index (χ0n) is 19.3. The van der Waals surface area contributed by atoms with Gasteiger partial charge in [0.1, 0.15) is 5.75 Å². The van der Waals surface area contributed by atoms with Crippen molar-refractivity contribution in [3.05, 3.63) is 100 Å². The minimum atomic E-state index is -0.339. The van der Waals surface area contributed by atoms with Crippen LogP contribution in [0.5, 0.6) is 5.75 Å². The average Bonchev–Trinajstić information content (AvgIpc) is 3.28. The van der Waals surface area contributed by atoms with Crippen LogP contribution in [-0.4, -0.2) is 26.3 Å². The first kappa shape index (κ1) is 24.2. The molecule has 0 fully saturated rings. The fourth-order valence-electron chi connectivity index (χ4n) is 3.50. The number of aromatic nitrogens is 3. The summed E-state index contributed by atoms with van der Waals surface area (Å²) in [7, 11) is 0. The largest absolute Gasteiger partial charge is 0.483 e. The van der Waals surface area contributed by atoms with Crippen LogP contribution < -0.4 is 4.74 Å². The highest BCUT2D eigenvalue weighted by Gasteiger charge is 2.22. The van der Waals surface area contributed by atoms with Crippen molar-refractivity contribution in [3.8, 4) is 11.4 Å². The summed E-state index contributed by atoms with van der Waals surface area (Å²) in [6.45, 7) is 6.30. The van der Waals surface area contributed by atoms with E-state index in [0.717, 1.165) is 15.9 Å². The number of thioether (sulfide) groups is 1. The van der Waals surface area contributed by atoms with E-state index in [4.69, 9.17) is 4.74 Å². The lowest BCUT2D eigenvalue weighted by Crippen LogP contribution is -2.12. The average molecular weight is 536 g/mol. The molecule has 7 heteroatoms. The Bertz CT molecular complexity index is 1240. The van der Waals surface area contributed by atoms with E-state index in [2.05, 4.69) is 52.1 Å². The third-order valence-corrected chi connectivity index (χ3v) is 6.85. The maximum Gasteiger partial charge on any atom is 0.196 e. The summed E-state index contributed by atoms with van der Waals surface area (Å²) in [6, 6.07) is 25.4. The van der Waals surface area contributed by atoms with E-state index in [1.807, 2.05) is 78.2 Å². The predicted molar refractivity (Wildman–Crippen MR) is 140 cm³/mol. The summed E-state index contributed by atoms with van der Waals surface area (Å²) in [5.74, 6) is 2.22. The molecule has 4 aromatic rings. The number of ether oxygens (including phenoxy) is 1. The van der Waals surface area contributed by atoms with Gasteiger partial charge in [-0.1, -0.05) is 84.0 Å². The molecule has 1 heterocycles. The van der Waals surface area contributed by atoms with Gasteiger partial charge in [-0.15, -0.1) is 10.2 Å². The van der Waals surface area contributed by atoms with Crippen molar-refractivity contribution in [1.82, 2.24) is 14.8 Å². The standard InChI is InChI=1S/C27H26BrN3O2S/c1-18(2)20-11-15-24(16-12-20)33-19(3)26-29-30-27(31(26)23-7-5-4-6-8-23)34-17-25(32)21-9-13-22(28)14-10-21/h4-16,18-19H,17H2,1-3H3. The molecule has 1 atom stereocenters. The lowest BCUT2D eigenvalue weighted by Gasteiger charge is -2.17. The summed E-state index contributed by atoms with van der Waals surface area (Å²) < 4.78 is 9.12. The van der Waals surface area contributed by atoms with Crippen LogP contribution >= 0.6 is 27.7 Å². The zero-order chi connectivity index (χ0) is 24.1. The maximum absolute atomic E-state index is 12.7. The summed E-state index contributed by atoms with van der Waals surface area (Å²) in [6.07, 6.45) is -0.339. The van der Waals surface area contributed by atoms with Crippen molar-refractivity contribution in [2.24, 2.45) is 0 Å². The van der Waals surface area contributed by atoms with Gasteiger partial charge in [-0.25, -0.2) is 0 Å². The third kappa shape index (κ3) is 5.77. The fraction of sp³-hybridized carbons (Fsp3) is 0.222. The Morgan fingerprint density at radius 2 is 1.62 bits per heavy atom. The van der Waals surface area contributed by atoms with E-state index in [-0.39, 0.29) is 17.6 Å². The van der Waals surface area contributed by atoms with Crippen molar-refractivity contribution >= 4 is 33.5 Å². The first-order valence-corrected chi connectivity index (χ1v) is 12.9. The first-order chi connectivity index (χ1) is 16.4. The van der Waals surface area contributed by atoms with Crippen LogP contribution in [0.1, 0.15) is 54.5 Å².